The average Bonchev–Trinajstić information content (AvgIpc) is 2.97. The Labute approximate surface area is 121 Å². The van der Waals surface area contributed by atoms with E-state index in [1.165, 1.54) is 0 Å². The summed E-state index contributed by atoms with van der Waals surface area (Å²) in [6, 6.07) is 9.64. The van der Waals surface area contributed by atoms with Crippen molar-refractivity contribution in [3.05, 3.63) is 35.9 Å². The number of carboxylic acids is 1. The van der Waals surface area contributed by atoms with Gasteiger partial charge in [-0.15, -0.1) is 0 Å². The number of hydrogen-bond acceptors (Lipinski definition) is 2. The highest BCUT2D eigenvalue weighted by Gasteiger charge is 2.38. The summed E-state index contributed by atoms with van der Waals surface area (Å²) < 4.78 is 5.62. The maximum Gasteiger partial charge on any atom is 0.314 e. The highest BCUT2D eigenvalue weighted by Crippen LogP contribution is 2.34. The number of rotatable bonds is 7. The van der Waals surface area contributed by atoms with E-state index in [1.54, 1.807) is 0 Å². The second kappa shape index (κ2) is 6.89. The molecule has 2 atom stereocenters. The normalized spacial score (nSPS) is 21.6. The Bertz CT molecular complexity index is 423. The second-order valence-corrected chi connectivity index (χ2v) is 5.63. The summed E-state index contributed by atoms with van der Waals surface area (Å²) in [6.45, 7) is 2.83. The van der Waals surface area contributed by atoms with Crippen LogP contribution in [0.25, 0.3) is 0 Å². The van der Waals surface area contributed by atoms with Crippen LogP contribution in [0.4, 0.5) is 0 Å². The monoisotopic (exact) mass is 276 g/mol. The molecule has 1 fully saturated rings. The van der Waals surface area contributed by atoms with Gasteiger partial charge in [0.15, 0.2) is 0 Å². The van der Waals surface area contributed by atoms with Gasteiger partial charge < -0.3 is 9.84 Å². The van der Waals surface area contributed by atoms with Gasteiger partial charge in [0.2, 0.25) is 0 Å². The van der Waals surface area contributed by atoms with E-state index in [4.69, 9.17) is 4.74 Å². The second-order valence-electron chi connectivity index (χ2n) is 5.63. The van der Waals surface area contributed by atoms with Crippen molar-refractivity contribution in [2.24, 2.45) is 0 Å². The van der Waals surface area contributed by atoms with Crippen molar-refractivity contribution < 1.29 is 14.6 Å². The molecule has 1 N–H and O–H groups in total. The minimum absolute atomic E-state index is 0.342. The van der Waals surface area contributed by atoms with Crippen LogP contribution in [0.2, 0.25) is 0 Å². The van der Waals surface area contributed by atoms with Crippen LogP contribution in [-0.4, -0.2) is 23.8 Å². The van der Waals surface area contributed by atoms with E-state index < -0.39 is 11.4 Å². The van der Waals surface area contributed by atoms with Crippen molar-refractivity contribution in [1.29, 1.82) is 0 Å². The molecule has 0 saturated carbocycles. The summed E-state index contributed by atoms with van der Waals surface area (Å²) in [5.74, 6) is -0.710. The maximum atomic E-state index is 11.8. The van der Waals surface area contributed by atoms with Crippen molar-refractivity contribution in [1.82, 2.24) is 0 Å². The molecule has 3 heteroatoms. The number of aliphatic carboxylic acids is 1. The molecule has 0 bridgehead atoms. The van der Waals surface area contributed by atoms with Gasteiger partial charge in [-0.25, -0.2) is 0 Å². The molecule has 2 rings (SSSR count). The third-order valence-electron chi connectivity index (χ3n) is 4.49. The molecular formula is C17H24O3. The molecule has 1 saturated heterocycles. The first-order valence-corrected chi connectivity index (χ1v) is 7.59. The number of ether oxygens (including phenoxy) is 1. The first-order chi connectivity index (χ1) is 9.69. The molecule has 0 amide bonds. The molecule has 2 unspecified atom stereocenters. The smallest absolute Gasteiger partial charge is 0.314 e. The van der Waals surface area contributed by atoms with Crippen molar-refractivity contribution in [2.75, 3.05) is 6.61 Å². The number of hydrogen-bond donors (Lipinski definition) is 1. The molecule has 20 heavy (non-hydrogen) atoms. The van der Waals surface area contributed by atoms with Crippen LogP contribution in [0.3, 0.4) is 0 Å². The third-order valence-corrected chi connectivity index (χ3v) is 4.49. The Balaban J connectivity index is 2.05. The summed E-state index contributed by atoms with van der Waals surface area (Å²) in [7, 11) is 0. The molecule has 1 aromatic rings. The predicted octanol–water partition coefficient (Wildman–Crippen LogP) is 3.77. The van der Waals surface area contributed by atoms with Crippen LogP contribution in [0.15, 0.2) is 30.3 Å². The summed E-state index contributed by atoms with van der Waals surface area (Å²) in [6.07, 6.45) is 5.79. The first kappa shape index (κ1) is 15.0. The molecule has 1 aliphatic heterocycles. The number of benzene rings is 1. The van der Waals surface area contributed by atoms with E-state index >= 15 is 0 Å². The van der Waals surface area contributed by atoms with Gasteiger partial charge in [-0.05, 0) is 44.1 Å². The van der Waals surface area contributed by atoms with Crippen LogP contribution in [0.1, 0.15) is 51.0 Å². The summed E-state index contributed by atoms with van der Waals surface area (Å²) in [5, 5.41) is 9.74. The molecule has 0 aromatic heterocycles. The summed E-state index contributed by atoms with van der Waals surface area (Å²) in [4.78, 5) is 11.8. The SMILES string of the molecule is CCC(CCCC1CCCO1)(C(=O)O)c1ccccc1. The molecule has 1 aliphatic rings. The number of carboxylic acid groups (broad SMARTS) is 1. The molecule has 3 nitrogen and oxygen atoms in total. The lowest BCUT2D eigenvalue weighted by Gasteiger charge is -2.29. The minimum Gasteiger partial charge on any atom is -0.481 e. The zero-order valence-electron chi connectivity index (χ0n) is 12.2. The maximum absolute atomic E-state index is 11.8. The van der Waals surface area contributed by atoms with Gasteiger partial charge in [0, 0.05) is 6.61 Å². The van der Waals surface area contributed by atoms with Crippen molar-refractivity contribution in [3.8, 4) is 0 Å². The fraction of sp³-hybridized carbons (Fsp3) is 0.588. The van der Waals surface area contributed by atoms with E-state index in [2.05, 4.69) is 0 Å². The molecule has 1 heterocycles. The molecule has 110 valence electrons. The van der Waals surface area contributed by atoms with Gasteiger partial charge in [0.25, 0.3) is 0 Å². The Morgan fingerprint density at radius 3 is 2.70 bits per heavy atom. The summed E-state index contributed by atoms with van der Waals surface area (Å²) in [5.41, 5.74) is 0.169. The molecule has 0 spiro atoms. The Kier molecular flexibility index (Phi) is 5.18. The van der Waals surface area contributed by atoms with E-state index in [0.29, 0.717) is 18.9 Å². The topological polar surface area (TPSA) is 46.5 Å². The molecule has 0 aliphatic carbocycles. The average molecular weight is 276 g/mol. The van der Waals surface area contributed by atoms with Gasteiger partial charge in [-0.2, -0.15) is 0 Å². The highest BCUT2D eigenvalue weighted by molar-refractivity contribution is 5.81. The Morgan fingerprint density at radius 2 is 2.15 bits per heavy atom. The van der Waals surface area contributed by atoms with Crippen LogP contribution in [0.5, 0.6) is 0 Å². The van der Waals surface area contributed by atoms with Crippen LogP contribution in [0, 0.1) is 0 Å². The Morgan fingerprint density at radius 1 is 1.40 bits per heavy atom. The quantitative estimate of drug-likeness (QED) is 0.824. The lowest BCUT2D eigenvalue weighted by molar-refractivity contribution is -0.144. The standard InChI is InChI=1S/C17H24O3/c1-2-17(16(18)19,14-8-4-3-5-9-14)12-6-10-15-11-7-13-20-15/h3-5,8-9,15H,2,6-7,10-13H2,1H3,(H,18,19). The van der Waals surface area contributed by atoms with Crippen LogP contribution in [-0.2, 0) is 14.9 Å². The fourth-order valence-corrected chi connectivity index (χ4v) is 3.17. The van der Waals surface area contributed by atoms with Crippen molar-refractivity contribution >= 4 is 5.97 Å². The molecule has 0 radical (unpaired) electrons. The predicted molar refractivity (Wildman–Crippen MR) is 78.9 cm³/mol. The van der Waals surface area contributed by atoms with Crippen LogP contribution >= 0.6 is 0 Å². The van der Waals surface area contributed by atoms with Crippen molar-refractivity contribution in [3.63, 3.8) is 0 Å². The third kappa shape index (κ3) is 3.21. The fourth-order valence-electron chi connectivity index (χ4n) is 3.17. The molecular weight excluding hydrogens is 252 g/mol. The number of carbonyl (C=O) groups is 1. The Hall–Kier alpha value is -1.35. The zero-order valence-corrected chi connectivity index (χ0v) is 12.2. The van der Waals surface area contributed by atoms with E-state index in [0.717, 1.165) is 37.9 Å². The van der Waals surface area contributed by atoms with Gasteiger partial charge in [-0.3, -0.25) is 4.79 Å². The van der Waals surface area contributed by atoms with Gasteiger partial charge in [0.05, 0.1) is 11.5 Å². The van der Waals surface area contributed by atoms with E-state index in [-0.39, 0.29) is 0 Å². The van der Waals surface area contributed by atoms with Gasteiger partial charge in [0.1, 0.15) is 0 Å². The van der Waals surface area contributed by atoms with E-state index in [9.17, 15) is 9.90 Å². The largest absolute Gasteiger partial charge is 0.481 e. The van der Waals surface area contributed by atoms with Crippen molar-refractivity contribution in [2.45, 2.75) is 57.0 Å². The minimum atomic E-state index is -0.750. The van der Waals surface area contributed by atoms with Crippen LogP contribution < -0.4 is 0 Å². The lowest BCUT2D eigenvalue weighted by atomic mass is 9.74. The highest BCUT2D eigenvalue weighted by atomic mass is 16.5. The summed E-state index contributed by atoms with van der Waals surface area (Å²) >= 11 is 0. The molecule has 1 aromatic carbocycles. The van der Waals surface area contributed by atoms with Gasteiger partial charge in [-0.1, -0.05) is 37.3 Å². The zero-order chi connectivity index (χ0) is 14.4. The lowest BCUT2D eigenvalue weighted by Crippen LogP contribution is -2.35. The van der Waals surface area contributed by atoms with Gasteiger partial charge >= 0.3 is 5.97 Å². The van der Waals surface area contributed by atoms with E-state index in [1.807, 2.05) is 37.3 Å². The first-order valence-electron chi connectivity index (χ1n) is 7.59.